The Hall–Kier alpha value is -1.91. The molecule has 0 amide bonds. The molecule has 0 unspecified atom stereocenters. The Balaban J connectivity index is 3.03. The van der Waals surface area contributed by atoms with Crippen LogP contribution in [0.5, 0.6) is 0 Å². The Bertz CT molecular complexity index is 667. The highest BCUT2D eigenvalue weighted by Gasteiger charge is 2.09. The number of aryl methyl sites for hydroxylation is 2. The first-order valence-electron chi connectivity index (χ1n) is 5.12. The van der Waals surface area contributed by atoms with Crippen LogP contribution in [0, 0.1) is 0 Å². The van der Waals surface area contributed by atoms with E-state index >= 15 is 0 Å². The highest BCUT2D eigenvalue weighted by molar-refractivity contribution is 5.73. The molecule has 0 N–H and O–H groups in total. The van der Waals surface area contributed by atoms with Crippen LogP contribution in [0.1, 0.15) is 12.6 Å². The molecule has 5 nitrogen and oxygen atoms in total. The number of hydrogen-bond donors (Lipinski definition) is 0. The van der Waals surface area contributed by atoms with E-state index in [1.165, 1.54) is 11.6 Å². The van der Waals surface area contributed by atoms with Gasteiger partial charge in [0.05, 0.1) is 5.39 Å². The van der Waals surface area contributed by atoms with Crippen molar-refractivity contribution < 1.29 is 0 Å². The molecule has 0 aromatic carbocycles. The average Bonchev–Trinajstić information content (AvgIpc) is 2.33. The van der Waals surface area contributed by atoms with Gasteiger partial charge in [-0.1, -0.05) is 6.92 Å². The lowest BCUT2D eigenvalue weighted by molar-refractivity contribution is 0.706. The molecule has 0 aliphatic carbocycles. The fourth-order valence-electron chi connectivity index (χ4n) is 1.69. The van der Waals surface area contributed by atoms with Gasteiger partial charge >= 0.3 is 5.69 Å². The van der Waals surface area contributed by atoms with E-state index in [0.29, 0.717) is 11.0 Å². The SMILES string of the molecule is CCc1ccc2c(=O)n(C)c(=O)n(C)c2n1. The van der Waals surface area contributed by atoms with Crippen LogP contribution in [0.3, 0.4) is 0 Å². The van der Waals surface area contributed by atoms with Gasteiger partial charge in [0.15, 0.2) is 0 Å². The molecule has 2 aromatic heterocycles. The molecule has 0 saturated heterocycles. The van der Waals surface area contributed by atoms with Crippen molar-refractivity contribution in [1.82, 2.24) is 14.1 Å². The smallest absolute Gasteiger partial charge is 0.280 e. The van der Waals surface area contributed by atoms with E-state index in [-0.39, 0.29) is 11.2 Å². The molecule has 16 heavy (non-hydrogen) atoms. The minimum atomic E-state index is -0.349. The van der Waals surface area contributed by atoms with Gasteiger partial charge in [0.25, 0.3) is 5.56 Å². The first-order chi connectivity index (χ1) is 7.56. The van der Waals surface area contributed by atoms with E-state index in [2.05, 4.69) is 4.98 Å². The molecule has 0 spiro atoms. The van der Waals surface area contributed by atoms with Crippen LogP contribution in [0.15, 0.2) is 21.7 Å². The van der Waals surface area contributed by atoms with Crippen molar-refractivity contribution in [3.8, 4) is 0 Å². The van der Waals surface area contributed by atoms with Crippen molar-refractivity contribution in [2.75, 3.05) is 0 Å². The zero-order valence-corrected chi connectivity index (χ0v) is 9.52. The van der Waals surface area contributed by atoms with Crippen LogP contribution >= 0.6 is 0 Å². The molecule has 0 aliphatic heterocycles. The summed E-state index contributed by atoms with van der Waals surface area (Å²) >= 11 is 0. The fraction of sp³-hybridized carbons (Fsp3) is 0.364. The summed E-state index contributed by atoms with van der Waals surface area (Å²) in [7, 11) is 3.09. The van der Waals surface area contributed by atoms with Crippen molar-refractivity contribution in [2.45, 2.75) is 13.3 Å². The number of pyridine rings is 1. The maximum absolute atomic E-state index is 11.8. The molecule has 0 fully saturated rings. The monoisotopic (exact) mass is 219 g/mol. The number of hydrogen-bond acceptors (Lipinski definition) is 3. The Morgan fingerprint density at radius 2 is 1.88 bits per heavy atom. The van der Waals surface area contributed by atoms with E-state index in [4.69, 9.17) is 0 Å². The van der Waals surface area contributed by atoms with Crippen LogP contribution < -0.4 is 11.2 Å². The summed E-state index contributed by atoms with van der Waals surface area (Å²) in [6.45, 7) is 1.98. The van der Waals surface area contributed by atoms with E-state index in [9.17, 15) is 9.59 Å². The summed E-state index contributed by atoms with van der Waals surface area (Å²) in [5, 5.41) is 0.474. The zero-order chi connectivity index (χ0) is 11.9. The van der Waals surface area contributed by atoms with E-state index in [0.717, 1.165) is 16.7 Å². The van der Waals surface area contributed by atoms with E-state index in [1.807, 2.05) is 13.0 Å². The Labute approximate surface area is 92.0 Å². The average molecular weight is 219 g/mol. The molecule has 2 aromatic rings. The maximum Gasteiger partial charge on any atom is 0.332 e. The van der Waals surface area contributed by atoms with Crippen LogP contribution in [-0.4, -0.2) is 14.1 Å². The summed E-state index contributed by atoms with van der Waals surface area (Å²) in [5.41, 5.74) is 0.676. The van der Waals surface area contributed by atoms with Gasteiger partial charge in [0.2, 0.25) is 0 Å². The quantitative estimate of drug-likeness (QED) is 0.688. The minimum absolute atomic E-state index is 0.298. The number of rotatable bonds is 1. The molecule has 5 heteroatoms. The highest BCUT2D eigenvalue weighted by Crippen LogP contribution is 2.06. The molecule has 0 atom stereocenters. The van der Waals surface area contributed by atoms with Gasteiger partial charge in [-0.05, 0) is 18.6 Å². The lowest BCUT2D eigenvalue weighted by atomic mass is 10.2. The molecule has 2 rings (SSSR count). The normalized spacial score (nSPS) is 10.9. The molecular formula is C11H13N3O2. The first-order valence-corrected chi connectivity index (χ1v) is 5.12. The number of fused-ring (bicyclic) bond motifs is 1. The fourth-order valence-corrected chi connectivity index (χ4v) is 1.69. The third-order valence-corrected chi connectivity index (χ3v) is 2.72. The summed E-state index contributed by atoms with van der Waals surface area (Å²) in [5.74, 6) is 0. The standard InChI is InChI=1S/C11H13N3O2/c1-4-7-5-6-8-9(12-7)13(2)11(16)14(3)10(8)15/h5-6H,4H2,1-3H3. The second-order valence-electron chi connectivity index (χ2n) is 3.73. The lowest BCUT2D eigenvalue weighted by Crippen LogP contribution is -2.37. The summed E-state index contributed by atoms with van der Waals surface area (Å²) < 4.78 is 2.49. The summed E-state index contributed by atoms with van der Waals surface area (Å²) in [4.78, 5) is 27.8. The van der Waals surface area contributed by atoms with Gasteiger partial charge in [-0.2, -0.15) is 0 Å². The van der Waals surface area contributed by atoms with Crippen molar-refractivity contribution in [1.29, 1.82) is 0 Å². The van der Waals surface area contributed by atoms with Crippen LogP contribution in [0.2, 0.25) is 0 Å². The topological polar surface area (TPSA) is 56.9 Å². The number of aromatic nitrogens is 3. The Morgan fingerprint density at radius 3 is 2.50 bits per heavy atom. The molecule has 0 saturated carbocycles. The predicted molar refractivity (Wildman–Crippen MR) is 61.6 cm³/mol. The van der Waals surface area contributed by atoms with Gasteiger partial charge in [-0.15, -0.1) is 0 Å². The van der Waals surface area contributed by atoms with Crippen molar-refractivity contribution in [3.05, 3.63) is 38.7 Å². The maximum atomic E-state index is 11.8. The zero-order valence-electron chi connectivity index (χ0n) is 9.52. The van der Waals surface area contributed by atoms with Crippen LogP contribution in [0.25, 0.3) is 11.0 Å². The molecule has 2 heterocycles. The van der Waals surface area contributed by atoms with Crippen molar-refractivity contribution in [3.63, 3.8) is 0 Å². The highest BCUT2D eigenvalue weighted by atomic mass is 16.2. The van der Waals surface area contributed by atoms with Crippen molar-refractivity contribution in [2.24, 2.45) is 14.1 Å². The summed E-state index contributed by atoms with van der Waals surface area (Å²) in [6.07, 6.45) is 0.777. The molecular weight excluding hydrogens is 206 g/mol. The third kappa shape index (κ3) is 1.36. The second kappa shape index (κ2) is 3.59. The minimum Gasteiger partial charge on any atom is -0.280 e. The van der Waals surface area contributed by atoms with Gasteiger partial charge in [0, 0.05) is 19.8 Å². The van der Waals surface area contributed by atoms with Crippen molar-refractivity contribution >= 4 is 11.0 Å². The van der Waals surface area contributed by atoms with E-state index in [1.54, 1.807) is 13.1 Å². The Morgan fingerprint density at radius 1 is 1.19 bits per heavy atom. The van der Waals surface area contributed by atoms with Gasteiger partial charge < -0.3 is 0 Å². The first kappa shape index (κ1) is 10.6. The van der Waals surface area contributed by atoms with Crippen LogP contribution in [-0.2, 0) is 20.5 Å². The van der Waals surface area contributed by atoms with Gasteiger partial charge in [-0.3, -0.25) is 13.9 Å². The van der Waals surface area contributed by atoms with Gasteiger partial charge in [-0.25, -0.2) is 9.78 Å². The van der Waals surface area contributed by atoms with Crippen LogP contribution in [0.4, 0.5) is 0 Å². The van der Waals surface area contributed by atoms with E-state index < -0.39 is 0 Å². The molecule has 0 radical (unpaired) electrons. The van der Waals surface area contributed by atoms with Gasteiger partial charge in [0.1, 0.15) is 5.65 Å². The largest absolute Gasteiger partial charge is 0.332 e. The second-order valence-corrected chi connectivity index (χ2v) is 3.73. The summed E-state index contributed by atoms with van der Waals surface area (Å²) in [6, 6.07) is 3.54. The lowest BCUT2D eigenvalue weighted by Gasteiger charge is -2.07. The molecule has 84 valence electrons. The number of nitrogens with zero attached hydrogens (tertiary/aromatic N) is 3. The third-order valence-electron chi connectivity index (χ3n) is 2.72. The predicted octanol–water partition coefficient (Wildman–Crippen LogP) is 0.195. The molecule has 0 bridgehead atoms. The Kier molecular flexibility index (Phi) is 2.38. The molecule has 0 aliphatic rings.